The first-order valence-electron chi connectivity index (χ1n) is 4.70. The second kappa shape index (κ2) is 3.11. The van der Waals surface area contributed by atoms with Crippen LogP contribution in [0.5, 0.6) is 0 Å². The first kappa shape index (κ1) is 8.02. The van der Waals surface area contributed by atoms with Crippen molar-refractivity contribution in [2.24, 2.45) is 0 Å². The van der Waals surface area contributed by atoms with E-state index in [4.69, 9.17) is 0 Å². The molecule has 1 aromatic heterocycles. The van der Waals surface area contributed by atoms with E-state index >= 15 is 0 Å². The molecule has 0 radical (unpaired) electrons. The number of fused-ring (bicyclic) bond motifs is 1. The Balaban J connectivity index is 2.04. The molecular formula is C12H10NP. The summed E-state index contributed by atoms with van der Waals surface area (Å²) in [5.74, 6) is 4.35. The molecule has 1 aliphatic carbocycles. The van der Waals surface area contributed by atoms with Crippen molar-refractivity contribution in [2.75, 3.05) is 0 Å². The van der Waals surface area contributed by atoms with E-state index < -0.39 is 0 Å². The molecule has 0 aliphatic heterocycles. The predicted octanol–water partition coefficient (Wildman–Crippen LogP) is 3.62. The molecule has 0 bridgehead atoms. The molecule has 68 valence electrons. The Labute approximate surface area is 84.8 Å². The average Bonchev–Trinajstić information content (AvgIpc) is 2.86. The van der Waals surface area contributed by atoms with Gasteiger partial charge in [-0.2, -0.15) is 0 Å². The van der Waals surface area contributed by atoms with Gasteiger partial charge in [-0.05, 0) is 23.0 Å². The van der Waals surface area contributed by atoms with Gasteiger partial charge in [0.25, 0.3) is 0 Å². The summed E-state index contributed by atoms with van der Waals surface area (Å²) >= 11 is 0. The van der Waals surface area contributed by atoms with Crippen LogP contribution in [0, 0.1) is 0 Å². The summed E-state index contributed by atoms with van der Waals surface area (Å²) in [6.45, 7) is 0. The second-order valence-corrected chi connectivity index (χ2v) is 4.31. The minimum atomic E-state index is 1.06. The maximum atomic E-state index is 2.27. The molecule has 14 heavy (non-hydrogen) atoms. The molecule has 1 aliphatic rings. The molecule has 0 fully saturated rings. The summed E-state index contributed by atoms with van der Waals surface area (Å²) in [5, 5.41) is 0. The molecule has 0 N–H and O–H groups in total. The van der Waals surface area contributed by atoms with Gasteiger partial charge in [0.1, 0.15) is 0 Å². The number of hydrogen-bond donors (Lipinski definition) is 0. The summed E-state index contributed by atoms with van der Waals surface area (Å²) < 4.78 is 2.22. The van der Waals surface area contributed by atoms with Crippen molar-refractivity contribution in [3.05, 3.63) is 53.3 Å². The molecule has 0 spiro atoms. The van der Waals surface area contributed by atoms with Crippen LogP contribution in [-0.2, 0) is 6.42 Å². The van der Waals surface area contributed by atoms with Gasteiger partial charge in [0.2, 0.25) is 0 Å². The maximum Gasteiger partial charge on any atom is 0.0359 e. The van der Waals surface area contributed by atoms with Crippen LogP contribution in [0.4, 0.5) is 0 Å². The molecule has 0 unspecified atom stereocenters. The Bertz CT molecular complexity index is 483. The van der Waals surface area contributed by atoms with E-state index in [1.165, 1.54) is 25.0 Å². The number of allylic oxidation sites excluding steroid dienone is 1. The fraction of sp³-hybridized carbons (Fsp3) is 0.0833. The standard InChI is InChI=1S/C12H10NP/c1-2-4-11-8-12(7-10(11)3-1)13-5-6-14-9-13/h1-7,9H,8H2. The van der Waals surface area contributed by atoms with E-state index in [1.807, 2.05) is 0 Å². The Kier molecular flexibility index (Phi) is 1.78. The third-order valence-corrected chi connectivity index (χ3v) is 3.27. The summed E-state index contributed by atoms with van der Waals surface area (Å²) in [7, 11) is 1.28. The van der Waals surface area contributed by atoms with Gasteiger partial charge in [0.05, 0.1) is 0 Å². The number of nitrogens with zero attached hydrogens (tertiary/aromatic N) is 1. The zero-order valence-electron chi connectivity index (χ0n) is 7.72. The van der Waals surface area contributed by atoms with Crippen molar-refractivity contribution >= 4 is 20.0 Å². The van der Waals surface area contributed by atoms with Crippen LogP contribution in [0.1, 0.15) is 11.1 Å². The smallest absolute Gasteiger partial charge is 0.0359 e. The zero-order valence-corrected chi connectivity index (χ0v) is 8.61. The van der Waals surface area contributed by atoms with E-state index in [0.29, 0.717) is 0 Å². The molecule has 1 nitrogen and oxygen atoms in total. The van der Waals surface area contributed by atoms with Crippen LogP contribution >= 0.6 is 8.19 Å². The van der Waals surface area contributed by atoms with Gasteiger partial charge in [-0.3, -0.25) is 0 Å². The third-order valence-electron chi connectivity index (χ3n) is 2.58. The molecule has 0 amide bonds. The lowest BCUT2D eigenvalue weighted by Gasteiger charge is -2.01. The molecule has 3 rings (SSSR count). The molecule has 0 saturated carbocycles. The van der Waals surface area contributed by atoms with Crippen molar-refractivity contribution in [2.45, 2.75) is 6.42 Å². The van der Waals surface area contributed by atoms with Gasteiger partial charge in [0.15, 0.2) is 0 Å². The van der Waals surface area contributed by atoms with Gasteiger partial charge in [-0.1, -0.05) is 32.5 Å². The number of benzene rings is 1. The molecule has 0 atom stereocenters. The van der Waals surface area contributed by atoms with Crippen LogP contribution in [0.2, 0.25) is 0 Å². The molecule has 2 aromatic rings. The molecule has 1 aromatic carbocycles. The topological polar surface area (TPSA) is 4.93 Å². The lowest BCUT2D eigenvalue weighted by Crippen LogP contribution is -1.91. The van der Waals surface area contributed by atoms with Crippen LogP contribution < -0.4 is 0 Å². The third kappa shape index (κ3) is 1.21. The summed E-state index contributed by atoms with van der Waals surface area (Å²) in [6.07, 6.45) is 5.48. The van der Waals surface area contributed by atoms with Gasteiger partial charge in [-0.15, -0.1) is 0 Å². The van der Waals surface area contributed by atoms with E-state index in [0.717, 1.165) is 6.42 Å². The van der Waals surface area contributed by atoms with Crippen LogP contribution in [0.3, 0.4) is 0 Å². The Morgan fingerprint density at radius 3 is 2.93 bits per heavy atom. The van der Waals surface area contributed by atoms with Gasteiger partial charge >= 0.3 is 0 Å². The molecule has 1 heterocycles. The van der Waals surface area contributed by atoms with Crippen LogP contribution in [-0.4, -0.2) is 4.57 Å². The van der Waals surface area contributed by atoms with Gasteiger partial charge in [0, 0.05) is 24.2 Å². The van der Waals surface area contributed by atoms with Crippen LogP contribution in [0.25, 0.3) is 11.8 Å². The fourth-order valence-electron chi connectivity index (χ4n) is 1.86. The average molecular weight is 199 g/mol. The van der Waals surface area contributed by atoms with Crippen LogP contribution in [0.15, 0.2) is 42.2 Å². The number of hydrogen-bond acceptors (Lipinski definition) is 0. The Hall–Kier alpha value is -1.33. The minimum Gasteiger partial charge on any atom is -0.323 e. The monoisotopic (exact) mass is 199 g/mol. The van der Waals surface area contributed by atoms with Gasteiger partial charge in [-0.25, -0.2) is 0 Å². The quantitative estimate of drug-likeness (QED) is 0.661. The van der Waals surface area contributed by atoms with Crippen molar-refractivity contribution in [3.63, 3.8) is 0 Å². The first-order chi connectivity index (χ1) is 6.93. The highest BCUT2D eigenvalue weighted by Crippen LogP contribution is 2.28. The van der Waals surface area contributed by atoms with E-state index in [1.54, 1.807) is 0 Å². The normalized spacial score (nSPS) is 14.4. The Morgan fingerprint density at radius 2 is 2.14 bits per heavy atom. The number of rotatable bonds is 1. The highest BCUT2D eigenvalue weighted by atomic mass is 31.0. The largest absolute Gasteiger partial charge is 0.323 e. The second-order valence-electron chi connectivity index (χ2n) is 3.48. The summed E-state index contributed by atoms with van der Waals surface area (Å²) in [4.78, 5) is 0. The Morgan fingerprint density at radius 1 is 1.21 bits per heavy atom. The fourth-order valence-corrected chi connectivity index (χ4v) is 2.52. The SMILES string of the molecule is C1=C(n2ccpc2)Cc2ccccc21. The molecule has 2 heteroatoms. The minimum absolute atomic E-state index is 1.06. The van der Waals surface area contributed by atoms with Crippen molar-refractivity contribution in [1.29, 1.82) is 0 Å². The van der Waals surface area contributed by atoms with E-state index in [9.17, 15) is 0 Å². The van der Waals surface area contributed by atoms with E-state index in [-0.39, 0.29) is 0 Å². The summed E-state index contributed by atoms with van der Waals surface area (Å²) in [5.41, 5.74) is 4.19. The number of aromatic nitrogens is 1. The first-order valence-corrected chi connectivity index (χ1v) is 5.73. The van der Waals surface area contributed by atoms with Crippen molar-refractivity contribution in [3.8, 4) is 0 Å². The zero-order chi connectivity index (χ0) is 9.38. The maximum absolute atomic E-state index is 2.27. The van der Waals surface area contributed by atoms with Gasteiger partial charge < -0.3 is 4.57 Å². The highest BCUT2D eigenvalue weighted by molar-refractivity contribution is 7.28. The summed E-state index contributed by atoms with van der Waals surface area (Å²) in [6, 6.07) is 8.59. The van der Waals surface area contributed by atoms with Crippen molar-refractivity contribution < 1.29 is 0 Å². The lowest BCUT2D eigenvalue weighted by atomic mass is 10.1. The molecular weight excluding hydrogens is 189 g/mol. The molecule has 0 saturated heterocycles. The van der Waals surface area contributed by atoms with Crippen molar-refractivity contribution in [1.82, 2.24) is 4.57 Å². The highest BCUT2D eigenvalue weighted by Gasteiger charge is 2.11. The lowest BCUT2D eigenvalue weighted by molar-refractivity contribution is 1.07. The van der Waals surface area contributed by atoms with E-state index in [2.05, 4.69) is 52.8 Å². The predicted molar refractivity (Wildman–Crippen MR) is 61.3 cm³/mol.